The summed E-state index contributed by atoms with van der Waals surface area (Å²) in [6.07, 6.45) is -1.82. The number of ether oxygens (including phenoxy) is 1. The second-order valence-corrected chi connectivity index (χ2v) is 3.70. The number of carbonyl (C=O) groups is 1. The molecule has 0 amide bonds. The van der Waals surface area contributed by atoms with Crippen molar-refractivity contribution in [2.45, 2.75) is 12.2 Å². The van der Waals surface area contributed by atoms with Gasteiger partial charge >= 0.3 is 5.97 Å². The number of nitrogens with zero attached hydrogens (tertiary/aromatic N) is 2. The molecule has 0 aliphatic heterocycles. The summed E-state index contributed by atoms with van der Waals surface area (Å²) < 4.78 is 4.34. The lowest BCUT2D eigenvalue weighted by molar-refractivity contribution is -0.157. The van der Waals surface area contributed by atoms with Crippen LogP contribution in [0.1, 0.15) is 11.8 Å². The van der Waals surface area contributed by atoms with Crippen molar-refractivity contribution in [3.05, 3.63) is 36.2 Å². The standard InChI is InChI=1S/C12H12N2O4/c1-18-12(17)11(16)10(15)9-6-13-7-4-2-3-5-8(7)14-9/h2-6,10-11,15-16H,1H3. The zero-order valence-electron chi connectivity index (χ0n) is 9.65. The summed E-state index contributed by atoms with van der Waals surface area (Å²) in [5.41, 5.74) is 1.36. The molecule has 6 nitrogen and oxygen atoms in total. The Bertz CT molecular complexity index is 573. The van der Waals surface area contributed by atoms with Gasteiger partial charge in [-0.25, -0.2) is 9.78 Å². The zero-order chi connectivity index (χ0) is 13.1. The van der Waals surface area contributed by atoms with Crippen molar-refractivity contribution in [2.75, 3.05) is 7.11 Å². The summed E-state index contributed by atoms with van der Waals surface area (Å²) in [4.78, 5) is 19.3. The van der Waals surface area contributed by atoms with Crippen molar-refractivity contribution < 1.29 is 19.7 Å². The van der Waals surface area contributed by atoms with E-state index in [0.29, 0.717) is 11.0 Å². The molecule has 2 N–H and O–H groups in total. The number of carbonyl (C=O) groups excluding carboxylic acids is 1. The highest BCUT2D eigenvalue weighted by molar-refractivity contribution is 5.76. The Hall–Kier alpha value is -2.05. The highest BCUT2D eigenvalue weighted by Gasteiger charge is 2.27. The van der Waals surface area contributed by atoms with Crippen LogP contribution in [0.5, 0.6) is 0 Å². The van der Waals surface area contributed by atoms with Crippen LogP contribution in [-0.2, 0) is 9.53 Å². The molecule has 0 radical (unpaired) electrons. The van der Waals surface area contributed by atoms with Crippen molar-refractivity contribution in [1.82, 2.24) is 9.97 Å². The van der Waals surface area contributed by atoms with Crippen LogP contribution in [0.3, 0.4) is 0 Å². The third-order valence-corrected chi connectivity index (χ3v) is 2.51. The number of methoxy groups -OCH3 is 1. The van der Waals surface area contributed by atoms with Gasteiger partial charge in [0.15, 0.2) is 6.10 Å². The number of hydrogen-bond acceptors (Lipinski definition) is 6. The van der Waals surface area contributed by atoms with Crippen molar-refractivity contribution in [2.24, 2.45) is 0 Å². The molecule has 0 fully saturated rings. The van der Waals surface area contributed by atoms with Gasteiger partial charge in [-0.15, -0.1) is 0 Å². The fourth-order valence-electron chi connectivity index (χ4n) is 1.53. The molecule has 2 aromatic rings. The summed E-state index contributed by atoms with van der Waals surface area (Å²) >= 11 is 0. The first-order chi connectivity index (χ1) is 8.63. The molecule has 1 heterocycles. The number of esters is 1. The largest absolute Gasteiger partial charge is 0.467 e. The lowest BCUT2D eigenvalue weighted by Gasteiger charge is -2.14. The molecule has 94 valence electrons. The van der Waals surface area contributed by atoms with E-state index in [1.807, 2.05) is 6.07 Å². The van der Waals surface area contributed by atoms with E-state index in [-0.39, 0.29) is 5.69 Å². The average Bonchev–Trinajstić information content (AvgIpc) is 2.44. The summed E-state index contributed by atoms with van der Waals surface area (Å²) in [5.74, 6) is -0.919. The second-order valence-electron chi connectivity index (χ2n) is 3.70. The summed E-state index contributed by atoms with van der Waals surface area (Å²) in [7, 11) is 1.13. The first-order valence-corrected chi connectivity index (χ1v) is 5.29. The van der Waals surface area contributed by atoms with E-state index in [1.54, 1.807) is 18.2 Å². The van der Waals surface area contributed by atoms with Crippen molar-refractivity contribution >= 4 is 17.0 Å². The first kappa shape index (κ1) is 12.4. The number of benzene rings is 1. The van der Waals surface area contributed by atoms with Gasteiger partial charge in [0.05, 0.1) is 30.0 Å². The van der Waals surface area contributed by atoms with Crippen LogP contribution >= 0.6 is 0 Å². The van der Waals surface area contributed by atoms with Crippen LogP contribution in [-0.4, -0.2) is 39.4 Å². The number of rotatable bonds is 3. The van der Waals surface area contributed by atoms with Gasteiger partial charge in [0, 0.05) is 0 Å². The number of para-hydroxylation sites is 2. The summed E-state index contributed by atoms with van der Waals surface area (Å²) in [6, 6.07) is 7.10. The molecule has 0 spiro atoms. The van der Waals surface area contributed by atoms with E-state index in [4.69, 9.17) is 0 Å². The van der Waals surface area contributed by atoms with Crippen LogP contribution in [0.25, 0.3) is 11.0 Å². The maximum Gasteiger partial charge on any atom is 0.337 e. The first-order valence-electron chi connectivity index (χ1n) is 5.29. The maximum atomic E-state index is 11.1. The van der Waals surface area contributed by atoms with Gasteiger partial charge in [-0.2, -0.15) is 0 Å². The Morgan fingerprint density at radius 3 is 2.61 bits per heavy atom. The van der Waals surface area contributed by atoms with Crippen molar-refractivity contribution in [1.29, 1.82) is 0 Å². The lowest BCUT2D eigenvalue weighted by atomic mass is 10.1. The molecule has 1 aromatic carbocycles. The highest BCUT2D eigenvalue weighted by Crippen LogP contribution is 2.17. The number of fused-ring (bicyclic) bond motifs is 1. The molecule has 0 saturated heterocycles. The third kappa shape index (κ3) is 2.29. The molecular formula is C12H12N2O4. The van der Waals surface area contributed by atoms with Crippen molar-refractivity contribution in [3.8, 4) is 0 Å². The van der Waals surface area contributed by atoms with E-state index < -0.39 is 18.2 Å². The van der Waals surface area contributed by atoms with Crippen LogP contribution in [0, 0.1) is 0 Å². The van der Waals surface area contributed by atoms with E-state index in [2.05, 4.69) is 14.7 Å². The fourth-order valence-corrected chi connectivity index (χ4v) is 1.53. The van der Waals surface area contributed by atoms with Crippen LogP contribution in [0.4, 0.5) is 0 Å². The number of aliphatic hydroxyl groups excluding tert-OH is 2. The Labute approximate surface area is 103 Å². The molecule has 18 heavy (non-hydrogen) atoms. The summed E-state index contributed by atoms with van der Waals surface area (Å²) in [6.45, 7) is 0. The molecule has 2 atom stereocenters. The Kier molecular flexibility index (Phi) is 3.50. The maximum absolute atomic E-state index is 11.1. The molecular weight excluding hydrogens is 236 g/mol. The highest BCUT2D eigenvalue weighted by atomic mass is 16.5. The molecule has 0 aliphatic rings. The van der Waals surface area contributed by atoms with Crippen LogP contribution < -0.4 is 0 Å². The Morgan fingerprint density at radius 2 is 1.94 bits per heavy atom. The Morgan fingerprint density at radius 1 is 1.28 bits per heavy atom. The molecule has 1 aromatic heterocycles. The number of aliphatic hydroxyl groups is 2. The fraction of sp³-hybridized carbons (Fsp3) is 0.250. The molecule has 0 aliphatic carbocycles. The number of aromatic nitrogens is 2. The van der Waals surface area contributed by atoms with Gasteiger partial charge in [-0.1, -0.05) is 12.1 Å². The monoisotopic (exact) mass is 248 g/mol. The second kappa shape index (κ2) is 5.07. The molecule has 0 bridgehead atoms. The molecule has 2 unspecified atom stereocenters. The van der Waals surface area contributed by atoms with Gasteiger partial charge in [0.1, 0.15) is 6.10 Å². The van der Waals surface area contributed by atoms with Gasteiger partial charge < -0.3 is 14.9 Å². The van der Waals surface area contributed by atoms with E-state index >= 15 is 0 Å². The van der Waals surface area contributed by atoms with E-state index in [9.17, 15) is 15.0 Å². The smallest absolute Gasteiger partial charge is 0.337 e. The quantitative estimate of drug-likeness (QED) is 0.754. The minimum atomic E-state index is -1.68. The zero-order valence-corrected chi connectivity index (χ0v) is 9.65. The topological polar surface area (TPSA) is 92.5 Å². The van der Waals surface area contributed by atoms with E-state index in [0.717, 1.165) is 7.11 Å². The minimum Gasteiger partial charge on any atom is -0.467 e. The predicted octanol–water partition coefficient (Wildman–Crippen LogP) is 0.197. The third-order valence-electron chi connectivity index (χ3n) is 2.51. The van der Waals surface area contributed by atoms with Crippen LogP contribution in [0.15, 0.2) is 30.5 Å². The van der Waals surface area contributed by atoms with Gasteiger partial charge in [0.2, 0.25) is 0 Å². The average molecular weight is 248 g/mol. The van der Waals surface area contributed by atoms with Gasteiger partial charge in [0.25, 0.3) is 0 Å². The summed E-state index contributed by atoms with van der Waals surface area (Å²) in [5, 5.41) is 19.3. The predicted molar refractivity (Wildman–Crippen MR) is 62.5 cm³/mol. The Balaban J connectivity index is 2.33. The van der Waals surface area contributed by atoms with Gasteiger partial charge in [-0.05, 0) is 12.1 Å². The molecule has 2 rings (SSSR count). The SMILES string of the molecule is COC(=O)C(O)C(O)c1cnc2ccccc2n1. The molecule has 6 heteroatoms. The van der Waals surface area contributed by atoms with Gasteiger partial charge in [-0.3, -0.25) is 4.98 Å². The minimum absolute atomic E-state index is 0.117. The van der Waals surface area contributed by atoms with Crippen LogP contribution in [0.2, 0.25) is 0 Å². The normalized spacial score (nSPS) is 14.2. The van der Waals surface area contributed by atoms with E-state index in [1.165, 1.54) is 6.20 Å². The van der Waals surface area contributed by atoms with Crippen molar-refractivity contribution in [3.63, 3.8) is 0 Å². The number of hydrogen-bond donors (Lipinski definition) is 2. The lowest BCUT2D eigenvalue weighted by Crippen LogP contribution is -2.29. The molecule has 0 saturated carbocycles.